The van der Waals surface area contributed by atoms with E-state index < -0.39 is 0 Å². The first kappa shape index (κ1) is 14.6. The highest BCUT2D eigenvalue weighted by Crippen LogP contribution is 2.32. The normalized spacial score (nSPS) is 13.4. The van der Waals surface area contributed by atoms with Crippen molar-refractivity contribution in [2.24, 2.45) is 0 Å². The lowest BCUT2D eigenvalue weighted by atomic mass is 10.1. The summed E-state index contributed by atoms with van der Waals surface area (Å²) in [6.07, 6.45) is 3.08. The molecule has 1 aliphatic heterocycles. The second kappa shape index (κ2) is 7.73. The highest BCUT2D eigenvalue weighted by atomic mass is 35.5. The summed E-state index contributed by atoms with van der Waals surface area (Å²) in [6, 6.07) is 4.00. The largest absolute Gasteiger partial charge is 0.493 e. The molecule has 2 rings (SSSR count). The molecule has 1 aromatic rings. The standard InChI is InChI=1S/C15H22ClNO2/c1-2-6-18-7-3-5-17-11-13-10-14(16)9-12-4-8-19-15(12)13/h9-10,17H,2-8,11H2,1H3. The SMILES string of the molecule is CCCOCCCNCc1cc(Cl)cc2c1OCC2. The molecule has 106 valence electrons. The zero-order valence-electron chi connectivity index (χ0n) is 11.5. The van der Waals surface area contributed by atoms with Crippen LogP contribution in [0.4, 0.5) is 0 Å². The minimum absolute atomic E-state index is 0.771. The zero-order chi connectivity index (χ0) is 13.5. The summed E-state index contributed by atoms with van der Waals surface area (Å²) in [6.45, 7) is 6.33. The van der Waals surface area contributed by atoms with Crippen LogP contribution in [0, 0.1) is 0 Å². The first-order valence-electron chi connectivity index (χ1n) is 7.04. The third-order valence-electron chi connectivity index (χ3n) is 3.13. The number of ether oxygens (including phenoxy) is 2. The van der Waals surface area contributed by atoms with E-state index >= 15 is 0 Å². The Hall–Kier alpha value is -0.770. The molecule has 0 bridgehead atoms. The molecule has 0 amide bonds. The van der Waals surface area contributed by atoms with E-state index in [1.54, 1.807) is 0 Å². The Balaban J connectivity index is 1.74. The van der Waals surface area contributed by atoms with E-state index in [2.05, 4.69) is 12.2 Å². The van der Waals surface area contributed by atoms with Crippen LogP contribution in [0.25, 0.3) is 0 Å². The van der Waals surface area contributed by atoms with Crippen LogP contribution in [0.1, 0.15) is 30.9 Å². The van der Waals surface area contributed by atoms with Crippen LogP contribution in [0.3, 0.4) is 0 Å². The quantitative estimate of drug-likeness (QED) is 0.743. The van der Waals surface area contributed by atoms with Crippen molar-refractivity contribution in [2.75, 3.05) is 26.4 Å². The molecule has 0 atom stereocenters. The maximum atomic E-state index is 6.12. The molecule has 0 unspecified atom stereocenters. The molecule has 0 aromatic heterocycles. The average Bonchev–Trinajstić information content (AvgIpc) is 2.85. The molecule has 0 spiro atoms. The predicted octanol–water partition coefficient (Wildman–Crippen LogP) is 3.18. The van der Waals surface area contributed by atoms with Gasteiger partial charge in [-0.2, -0.15) is 0 Å². The van der Waals surface area contributed by atoms with Gasteiger partial charge in [0, 0.05) is 36.8 Å². The van der Waals surface area contributed by atoms with E-state index in [0.717, 1.165) is 68.5 Å². The van der Waals surface area contributed by atoms with Gasteiger partial charge in [0.1, 0.15) is 5.75 Å². The van der Waals surface area contributed by atoms with Gasteiger partial charge in [0.2, 0.25) is 0 Å². The van der Waals surface area contributed by atoms with Crippen molar-refractivity contribution in [1.29, 1.82) is 0 Å². The van der Waals surface area contributed by atoms with E-state index in [1.807, 2.05) is 12.1 Å². The van der Waals surface area contributed by atoms with Crippen molar-refractivity contribution in [3.63, 3.8) is 0 Å². The molecule has 1 aliphatic rings. The van der Waals surface area contributed by atoms with Crippen molar-refractivity contribution in [3.05, 3.63) is 28.3 Å². The van der Waals surface area contributed by atoms with Crippen molar-refractivity contribution >= 4 is 11.6 Å². The van der Waals surface area contributed by atoms with Gasteiger partial charge < -0.3 is 14.8 Å². The van der Waals surface area contributed by atoms with Crippen molar-refractivity contribution in [2.45, 2.75) is 32.7 Å². The molecule has 1 heterocycles. The molecule has 19 heavy (non-hydrogen) atoms. The van der Waals surface area contributed by atoms with Gasteiger partial charge in [-0.1, -0.05) is 18.5 Å². The molecular weight excluding hydrogens is 262 g/mol. The molecule has 0 radical (unpaired) electrons. The molecule has 1 aromatic carbocycles. The number of hydrogen-bond donors (Lipinski definition) is 1. The number of hydrogen-bond acceptors (Lipinski definition) is 3. The molecule has 0 aliphatic carbocycles. The minimum Gasteiger partial charge on any atom is -0.493 e. The summed E-state index contributed by atoms with van der Waals surface area (Å²) < 4.78 is 11.1. The number of rotatable bonds is 8. The molecule has 3 nitrogen and oxygen atoms in total. The van der Waals surface area contributed by atoms with E-state index in [9.17, 15) is 0 Å². The van der Waals surface area contributed by atoms with Crippen LogP contribution in [0.15, 0.2) is 12.1 Å². The Labute approximate surface area is 120 Å². The van der Waals surface area contributed by atoms with E-state index in [-0.39, 0.29) is 0 Å². The predicted molar refractivity (Wildman–Crippen MR) is 78.1 cm³/mol. The second-order valence-corrected chi connectivity index (χ2v) is 5.23. The van der Waals surface area contributed by atoms with Gasteiger partial charge in [-0.05, 0) is 37.1 Å². The fourth-order valence-electron chi connectivity index (χ4n) is 2.25. The van der Waals surface area contributed by atoms with Crippen LogP contribution in [0.5, 0.6) is 5.75 Å². The summed E-state index contributed by atoms with van der Waals surface area (Å²) in [7, 11) is 0. The Morgan fingerprint density at radius 3 is 3.11 bits per heavy atom. The Bertz CT molecular complexity index is 409. The second-order valence-electron chi connectivity index (χ2n) is 4.79. The topological polar surface area (TPSA) is 30.5 Å². The van der Waals surface area contributed by atoms with Crippen LogP contribution < -0.4 is 10.1 Å². The molecule has 4 heteroatoms. The first-order valence-corrected chi connectivity index (χ1v) is 7.41. The lowest BCUT2D eigenvalue weighted by Crippen LogP contribution is -2.17. The van der Waals surface area contributed by atoms with Crippen molar-refractivity contribution in [1.82, 2.24) is 5.32 Å². The Kier molecular flexibility index (Phi) is 5.95. The van der Waals surface area contributed by atoms with Crippen LogP contribution in [-0.4, -0.2) is 26.4 Å². The van der Waals surface area contributed by atoms with Crippen LogP contribution in [-0.2, 0) is 17.7 Å². The average molecular weight is 284 g/mol. The summed E-state index contributed by atoms with van der Waals surface area (Å²) in [5.74, 6) is 1.03. The summed E-state index contributed by atoms with van der Waals surface area (Å²) in [5.41, 5.74) is 2.39. The molecule has 0 saturated carbocycles. The smallest absolute Gasteiger partial charge is 0.127 e. The number of nitrogens with one attached hydrogen (secondary N) is 1. The van der Waals surface area contributed by atoms with Gasteiger partial charge in [0.05, 0.1) is 6.61 Å². The summed E-state index contributed by atoms with van der Waals surface area (Å²) >= 11 is 6.12. The maximum Gasteiger partial charge on any atom is 0.127 e. The Morgan fingerprint density at radius 1 is 1.37 bits per heavy atom. The summed E-state index contributed by atoms with van der Waals surface area (Å²) in [5, 5.41) is 4.22. The number of fused-ring (bicyclic) bond motifs is 1. The molecule has 1 N–H and O–H groups in total. The summed E-state index contributed by atoms with van der Waals surface area (Å²) in [4.78, 5) is 0. The monoisotopic (exact) mass is 283 g/mol. The highest BCUT2D eigenvalue weighted by Gasteiger charge is 2.16. The zero-order valence-corrected chi connectivity index (χ0v) is 12.3. The number of benzene rings is 1. The molecule has 0 saturated heterocycles. The minimum atomic E-state index is 0.771. The third-order valence-corrected chi connectivity index (χ3v) is 3.35. The lowest BCUT2D eigenvalue weighted by molar-refractivity contribution is 0.132. The van der Waals surface area contributed by atoms with Gasteiger partial charge >= 0.3 is 0 Å². The molecular formula is C15H22ClNO2. The van der Waals surface area contributed by atoms with Crippen molar-refractivity contribution < 1.29 is 9.47 Å². The fraction of sp³-hybridized carbons (Fsp3) is 0.600. The fourth-order valence-corrected chi connectivity index (χ4v) is 2.51. The van der Waals surface area contributed by atoms with E-state index in [4.69, 9.17) is 21.1 Å². The maximum absolute atomic E-state index is 6.12. The molecule has 0 fully saturated rings. The van der Waals surface area contributed by atoms with Crippen LogP contribution in [0.2, 0.25) is 5.02 Å². The first-order chi connectivity index (χ1) is 9.31. The van der Waals surface area contributed by atoms with Gasteiger partial charge in [-0.15, -0.1) is 0 Å². The van der Waals surface area contributed by atoms with Gasteiger partial charge in [-0.25, -0.2) is 0 Å². The van der Waals surface area contributed by atoms with Gasteiger partial charge in [0.25, 0.3) is 0 Å². The third kappa shape index (κ3) is 4.37. The van der Waals surface area contributed by atoms with Gasteiger partial charge in [0.15, 0.2) is 0 Å². The van der Waals surface area contributed by atoms with Gasteiger partial charge in [-0.3, -0.25) is 0 Å². The van der Waals surface area contributed by atoms with E-state index in [1.165, 1.54) is 5.56 Å². The lowest BCUT2D eigenvalue weighted by Gasteiger charge is -2.10. The Morgan fingerprint density at radius 2 is 2.26 bits per heavy atom. The van der Waals surface area contributed by atoms with E-state index in [0.29, 0.717) is 0 Å². The van der Waals surface area contributed by atoms with Crippen molar-refractivity contribution in [3.8, 4) is 5.75 Å². The van der Waals surface area contributed by atoms with Crippen LogP contribution >= 0.6 is 11.6 Å². The highest BCUT2D eigenvalue weighted by molar-refractivity contribution is 6.30. The number of halogens is 1.